The molecule has 1 aliphatic rings. The maximum atomic E-state index is 12.9. The maximum absolute atomic E-state index is 12.9. The highest BCUT2D eigenvalue weighted by Crippen LogP contribution is 2.39. The van der Waals surface area contributed by atoms with Crippen molar-refractivity contribution in [2.45, 2.75) is 35.4 Å². The van der Waals surface area contributed by atoms with Gasteiger partial charge in [0.15, 0.2) is 5.78 Å². The number of ketones is 1. The van der Waals surface area contributed by atoms with Gasteiger partial charge in [-0.1, -0.05) is 12.1 Å². The first-order valence-electron chi connectivity index (χ1n) is 8.95. The van der Waals surface area contributed by atoms with Crippen LogP contribution in [0.15, 0.2) is 41.3 Å². The Hall–Kier alpha value is -2.04. The van der Waals surface area contributed by atoms with Crippen LogP contribution in [-0.2, 0) is 23.0 Å². The molecule has 0 saturated carbocycles. The summed E-state index contributed by atoms with van der Waals surface area (Å²) in [5, 5.41) is -1.26. The number of methoxy groups -OCH3 is 1. The number of hydrogen-bond donors (Lipinski definition) is 1. The number of carbonyl (C=O) groups is 1. The number of ether oxygens (including phenoxy) is 1. The quantitative estimate of drug-likeness (QED) is 0.490. The van der Waals surface area contributed by atoms with E-state index in [1.807, 2.05) is 0 Å². The number of halogens is 3. The molecule has 10 heteroatoms. The molecule has 0 spiro atoms. The van der Waals surface area contributed by atoms with Crippen molar-refractivity contribution in [2.24, 2.45) is 5.92 Å². The normalized spacial score (nSPS) is 17.7. The summed E-state index contributed by atoms with van der Waals surface area (Å²) >= 11 is -0.198. The minimum Gasteiger partial charge on any atom is -0.496 e. The molecule has 30 heavy (non-hydrogen) atoms. The second-order valence-electron chi connectivity index (χ2n) is 7.07. The zero-order valence-electron chi connectivity index (χ0n) is 16.1. The third-order valence-corrected chi connectivity index (χ3v) is 6.97. The predicted molar refractivity (Wildman–Crippen MR) is 107 cm³/mol. The van der Waals surface area contributed by atoms with E-state index < -0.39 is 26.8 Å². The number of Topliss-reactive ketones (excluding diaryl/α,β-unsaturated/α-hetero) is 1. The summed E-state index contributed by atoms with van der Waals surface area (Å²) in [6.45, 7) is 1.30. The molecule has 0 aliphatic heterocycles. The van der Waals surface area contributed by atoms with Crippen molar-refractivity contribution in [2.75, 3.05) is 7.11 Å². The first kappa shape index (κ1) is 22.6. The van der Waals surface area contributed by atoms with E-state index in [4.69, 9.17) is 4.74 Å². The molecule has 3 rings (SSSR count). The van der Waals surface area contributed by atoms with Crippen molar-refractivity contribution in [3.63, 3.8) is 0 Å². The van der Waals surface area contributed by atoms with Gasteiger partial charge in [0.25, 0.3) is 10.1 Å². The van der Waals surface area contributed by atoms with Crippen LogP contribution in [0.4, 0.5) is 13.2 Å². The first-order valence-corrected chi connectivity index (χ1v) is 11.3. The summed E-state index contributed by atoms with van der Waals surface area (Å²) in [7, 11) is -3.00. The third-order valence-electron chi connectivity index (χ3n) is 5.08. The van der Waals surface area contributed by atoms with Crippen molar-refractivity contribution >= 4 is 27.7 Å². The van der Waals surface area contributed by atoms with E-state index in [9.17, 15) is 30.9 Å². The van der Waals surface area contributed by atoms with Gasteiger partial charge >= 0.3 is 5.51 Å². The average Bonchev–Trinajstić information content (AvgIpc) is 2.94. The summed E-state index contributed by atoms with van der Waals surface area (Å²) in [4.78, 5) is 12.9. The molecule has 0 radical (unpaired) electrons. The second-order valence-corrected chi connectivity index (χ2v) is 9.95. The number of benzene rings is 2. The molecule has 162 valence electrons. The van der Waals surface area contributed by atoms with Crippen LogP contribution in [0.5, 0.6) is 5.75 Å². The monoisotopic (exact) mass is 460 g/mol. The van der Waals surface area contributed by atoms with Crippen molar-refractivity contribution in [1.82, 2.24) is 0 Å². The second kappa shape index (κ2) is 8.24. The van der Waals surface area contributed by atoms with Crippen molar-refractivity contribution in [1.29, 1.82) is 0 Å². The van der Waals surface area contributed by atoms with Gasteiger partial charge < -0.3 is 4.74 Å². The highest BCUT2D eigenvalue weighted by molar-refractivity contribution is 8.00. The third kappa shape index (κ3) is 4.98. The topological polar surface area (TPSA) is 80.7 Å². The van der Waals surface area contributed by atoms with Crippen LogP contribution in [0, 0.1) is 5.92 Å². The number of carbonyl (C=O) groups excluding carboxylic acids is 1. The standard InChI is InChI=1S/C20H19F3O5S2/c1-11(30(25,26)27)16-10-17-13(9-18(16)28-2)8-14(19(17)24)7-12-3-5-15(6-4-12)29-20(21,22)23/h3-6,9-11,14H,7-8H2,1-2H3,(H,25,26,27). The van der Waals surface area contributed by atoms with Crippen LogP contribution in [-0.4, -0.2) is 31.4 Å². The highest BCUT2D eigenvalue weighted by atomic mass is 32.2. The SMILES string of the molecule is COc1cc2c(cc1C(C)S(=O)(=O)O)C(=O)C(Cc1ccc(SC(F)(F)F)cc1)C2. The van der Waals surface area contributed by atoms with Gasteiger partial charge in [-0.3, -0.25) is 9.35 Å². The molecular weight excluding hydrogens is 441 g/mol. The van der Waals surface area contributed by atoms with E-state index in [0.717, 1.165) is 5.56 Å². The Morgan fingerprint density at radius 2 is 1.87 bits per heavy atom. The summed E-state index contributed by atoms with van der Waals surface area (Å²) in [6, 6.07) is 8.92. The zero-order chi connectivity index (χ0) is 22.3. The Bertz CT molecular complexity index is 1060. The summed E-state index contributed by atoms with van der Waals surface area (Å²) in [5.74, 6) is -0.326. The molecular formula is C20H19F3O5S2. The minimum atomic E-state index is -4.38. The fourth-order valence-electron chi connectivity index (χ4n) is 3.55. The Kier molecular flexibility index (Phi) is 6.22. The lowest BCUT2D eigenvalue weighted by molar-refractivity contribution is -0.0328. The van der Waals surface area contributed by atoms with Crippen molar-refractivity contribution in [3.8, 4) is 5.75 Å². The number of hydrogen-bond acceptors (Lipinski definition) is 5. The molecule has 5 nitrogen and oxygen atoms in total. The molecule has 2 unspecified atom stereocenters. The van der Waals surface area contributed by atoms with Crippen LogP contribution in [0.3, 0.4) is 0 Å². The van der Waals surface area contributed by atoms with Gasteiger partial charge in [-0.15, -0.1) is 0 Å². The van der Waals surface area contributed by atoms with E-state index >= 15 is 0 Å². The summed E-state index contributed by atoms with van der Waals surface area (Å²) in [6.07, 6.45) is 0.750. The lowest BCUT2D eigenvalue weighted by Crippen LogP contribution is -2.13. The Morgan fingerprint density at radius 1 is 1.23 bits per heavy atom. The van der Waals surface area contributed by atoms with Gasteiger partial charge in [0.05, 0.1) is 7.11 Å². The molecule has 0 heterocycles. The number of alkyl halides is 3. The van der Waals surface area contributed by atoms with Gasteiger partial charge in [0.1, 0.15) is 11.0 Å². The van der Waals surface area contributed by atoms with Crippen LogP contribution in [0.1, 0.15) is 39.2 Å². The molecule has 0 amide bonds. The summed E-state index contributed by atoms with van der Waals surface area (Å²) in [5.41, 5.74) is -2.36. The fourth-order valence-corrected chi connectivity index (χ4v) is 4.59. The smallest absolute Gasteiger partial charge is 0.446 e. The van der Waals surface area contributed by atoms with E-state index in [0.29, 0.717) is 24.0 Å². The number of thioether (sulfide) groups is 1. The predicted octanol–water partition coefficient (Wildman–Crippen LogP) is 4.85. The van der Waals surface area contributed by atoms with Gasteiger partial charge in [-0.2, -0.15) is 21.6 Å². The van der Waals surface area contributed by atoms with Crippen molar-refractivity contribution < 1.29 is 35.7 Å². The Balaban J connectivity index is 1.82. The lowest BCUT2D eigenvalue weighted by atomic mass is 9.96. The first-order chi connectivity index (χ1) is 13.9. The summed E-state index contributed by atoms with van der Waals surface area (Å²) < 4.78 is 75.1. The molecule has 0 saturated heterocycles. The van der Waals surface area contributed by atoms with Crippen LogP contribution < -0.4 is 4.74 Å². The molecule has 2 aromatic carbocycles. The van der Waals surface area contributed by atoms with Crippen molar-refractivity contribution in [3.05, 3.63) is 58.7 Å². The van der Waals surface area contributed by atoms with Crippen LogP contribution >= 0.6 is 11.8 Å². The van der Waals surface area contributed by atoms with E-state index in [1.165, 1.54) is 32.2 Å². The van der Waals surface area contributed by atoms with Gasteiger partial charge in [-0.25, -0.2) is 0 Å². The molecule has 2 aromatic rings. The van der Waals surface area contributed by atoms with Gasteiger partial charge in [-0.05, 0) is 66.9 Å². The van der Waals surface area contributed by atoms with E-state index in [2.05, 4.69) is 0 Å². The molecule has 2 atom stereocenters. The highest BCUT2D eigenvalue weighted by Gasteiger charge is 2.34. The Morgan fingerprint density at radius 3 is 2.40 bits per heavy atom. The number of fused-ring (bicyclic) bond motifs is 1. The Labute approximate surface area is 176 Å². The molecule has 1 aliphatic carbocycles. The average molecular weight is 460 g/mol. The van der Waals surface area contributed by atoms with Crippen LogP contribution in [0.25, 0.3) is 0 Å². The largest absolute Gasteiger partial charge is 0.496 e. The number of rotatable bonds is 6. The van der Waals surface area contributed by atoms with E-state index in [-0.39, 0.29) is 33.8 Å². The fraction of sp³-hybridized carbons (Fsp3) is 0.350. The zero-order valence-corrected chi connectivity index (χ0v) is 17.7. The van der Waals surface area contributed by atoms with Gasteiger partial charge in [0, 0.05) is 21.9 Å². The maximum Gasteiger partial charge on any atom is 0.446 e. The molecule has 0 fully saturated rings. The minimum absolute atomic E-state index is 0.0702. The molecule has 0 aromatic heterocycles. The lowest BCUT2D eigenvalue weighted by Gasteiger charge is -2.15. The van der Waals surface area contributed by atoms with Gasteiger partial charge in [0.2, 0.25) is 0 Å². The molecule has 0 bridgehead atoms. The van der Waals surface area contributed by atoms with Crippen LogP contribution in [0.2, 0.25) is 0 Å². The molecule has 1 N–H and O–H groups in total. The van der Waals surface area contributed by atoms with E-state index in [1.54, 1.807) is 18.2 Å².